The van der Waals surface area contributed by atoms with Gasteiger partial charge in [-0.25, -0.2) is 19.0 Å². The number of hydrogen-bond donors (Lipinski definition) is 2. The van der Waals surface area contributed by atoms with Crippen molar-refractivity contribution in [3.63, 3.8) is 0 Å². The second-order valence-electron chi connectivity index (χ2n) is 5.82. The number of rotatable bonds is 5. The fraction of sp³-hybridized carbons (Fsp3) is 0.438. The van der Waals surface area contributed by atoms with E-state index in [1.54, 1.807) is 17.1 Å². The largest absolute Gasteiger partial charge is 0.370 e. The average molecular weight is 444 g/mol. The Morgan fingerprint density at radius 3 is 2.92 bits per heavy atom. The molecule has 8 heteroatoms. The summed E-state index contributed by atoms with van der Waals surface area (Å²) in [5, 5.41) is 7.56. The van der Waals surface area contributed by atoms with E-state index < -0.39 is 0 Å². The molecule has 1 aromatic carbocycles. The molecule has 1 aliphatic rings. The minimum Gasteiger partial charge on any atom is -0.370 e. The van der Waals surface area contributed by atoms with Crippen molar-refractivity contribution >= 4 is 29.9 Å². The Bertz CT molecular complexity index is 681. The van der Waals surface area contributed by atoms with Gasteiger partial charge in [0.15, 0.2) is 11.8 Å². The van der Waals surface area contributed by atoms with Crippen LogP contribution in [0.15, 0.2) is 35.6 Å². The fourth-order valence-electron chi connectivity index (χ4n) is 2.79. The summed E-state index contributed by atoms with van der Waals surface area (Å²) in [6, 6.07) is 6.89. The van der Waals surface area contributed by atoms with Crippen molar-refractivity contribution in [3.8, 4) is 0 Å². The van der Waals surface area contributed by atoms with Crippen LogP contribution in [0.25, 0.3) is 0 Å². The molecule has 2 aromatic rings. The molecule has 0 saturated heterocycles. The van der Waals surface area contributed by atoms with E-state index in [1.807, 2.05) is 6.07 Å². The van der Waals surface area contributed by atoms with Gasteiger partial charge in [0.2, 0.25) is 0 Å². The van der Waals surface area contributed by atoms with Gasteiger partial charge in [0, 0.05) is 6.04 Å². The molecule has 0 amide bonds. The van der Waals surface area contributed by atoms with E-state index in [9.17, 15) is 4.39 Å². The minimum absolute atomic E-state index is 0. The van der Waals surface area contributed by atoms with Crippen LogP contribution in [0.5, 0.6) is 0 Å². The van der Waals surface area contributed by atoms with Gasteiger partial charge in [0.25, 0.3) is 0 Å². The molecule has 6 nitrogen and oxygen atoms in total. The molecule has 1 saturated carbocycles. The van der Waals surface area contributed by atoms with Gasteiger partial charge in [-0.3, -0.25) is 0 Å². The van der Waals surface area contributed by atoms with Gasteiger partial charge in [-0.1, -0.05) is 25.0 Å². The summed E-state index contributed by atoms with van der Waals surface area (Å²) in [5.41, 5.74) is 6.72. The summed E-state index contributed by atoms with van der Waals surface area (Å²) >= 11 is 0. The third kappa shape index (κ3) is 5.43. The van der Waals surface area contributed by atoms with Crippen molar-refractivity contribution < 1.29 is 4.39 Å². The number of guanidine groups is 1. The SMILES string of the molecule is I.NC(=NCc1ncn(Cc2cccc(F)c2)n1)NC1CCCC1. The van der Waals surface area contributed by atoms with Crippen molar-refractivity contribution in [2.45, 2.75) is 44.8 Å². The zero-order valence-electron chi connectivity index (χ0n) is 13.4. The maximum atomic E-state index is 13.2. The maximum absolute atomic E-state index is 13.2. The first-order valence-corrected chi connectivity index (χ1v) is 7.88. The van der Waals surface area contributed by atoms with Gasteiger partial charge in [0.05, 0.1) is 6.54 Å². The summed E-state index contributed by atoms with van der Waals surface area (Å²) in [4.78, 5) is 8.48. The van der Waals surface area contributed by atoms with Crippen LogP contribution >= 0.6 is 24.0 Å². The Morgan fingerprint density at radius 1 is 1.38 bits per heavy atom. The smallest absolute Gasteiger partial charge is 0.189 e. The first-order valence-electron chi connectivity index (χ1n) is 7.88. The lowest BCUT2D eigenvalue weighted by molar-refractivity contribution is 0.617. The second kappa shape index (κ2) is 8.95. The van der Waals surface area contributed by atoms with Gasteiger partial charge in [-0.2, -0.15) is 5.10 Å². The summed E-state index contributed by atoms with van der Waals surface area (Å²) in [6.07, 6.45) is 6.41. The Labute approximate surface area is 157 Å². The molecule has 3 N–H and O–H groups in total. The third-order valence-corrected chi connectivity index (χ3v) is 3.92. The number of nitrogens with zero attached hydrogens (tertiary/aromatic N) is 4. The predicted octanol–water partition coefficient (Wildman–Crippen LogP) is 2.43. The molecule has 0 bridgehead atoms. The number of halogens is 2. The van der Waals surface area contributed by atoms with Crippen LogP contribution in [-0.4, -0.2) is 26.8 Å². The number of benzene rings is 1. The van der Waals surface area contributed by atoms with E-state index >= 15 is 0 Å². The highest BCUT2D eigenvalue weighted by atomic mass is 127. The van der Waals surface area contributed by atoms with Gasteiger partial charge in [0.1, 0.15) is 18.7 Å². The van der Waals surface area contributed by atoms with E-state index in [4.69, 9.17) is 5.73 Å². The number of aliphatic imine (C=N–C) groups is 1. The first kappa shape index (κ1) is 18.6. The molecular formula is C16H22FIN6. The van der Waals surface area contributed by atoms with E-state index in [0.29, 0.717) is 30.9 Å². The quantitative estimate of drug-likeness (QED) is 0.422. The highest BCUT2D eigenvalue weighted by Crippen LogP contribution is 2.17. The molecule has 0 radical (unpaired) electrons. The van der Waals surface area contributed by atoms with Gasteiger partial charge < -0.3 is 11.1 Å². The molecule has 1 heterocycles. The summed E-state index contributed by atoms with van der Waals surface area (Å²) in [7, 11) is 0. The molecule has 24 heavy (non-hydrogen) atoms. The summed E-state index contributed by atoms with van der Waals surface area (Å²) < 4.78 is 14.8. The van der Waals surface area contributed by atoms with Crippen LogP contribution in [0.2, 0.25) is 0 Å². The molecule has 1 aliphatic carbocycles. The third-order valence-electron chi connectivity index (χ3n) is 3.92. The zero-order valence-corrected chi connectivity index (χ0v) is 15.7. The maximum Gasteiger partial charge on any atom is 0.189 e. The van der Waals surface area contributed by atoms with E-state index in [2.05, 4.69) is 20.4 Å². The number of nitrogens with two attached hydrogens (primary N) is 1. The molecule has 3 rings (SSSR count). The Morgan fingerprint density at radius 2 is 2.17 bits per heavy atom. The Balaban J connectivity index is 0.00000208. The zero-order chi connectivity index (χ0) is 16.1. The molecule has 0 unspecified atom stereocenters. The van der Waals surface area contributed by atoms with Crippen molar-refractivity contribution in [2.24, 2.45) is 10.7 Å². The van der Waals surface area contributed by atoms with E-state index in [1.165, 1.54) is 25.0 Å². The van der Waals surface area contributed by atoms with Crippen LogP contribution in [0.1, 0.15) is 37.1 Å². The van der Waals surface area contributed by atoms with Crippen LogP contribution in [0, 0.1) is 5.82 Å². The van der Waals surface area contributed by atoms with Crippen molar-refractivity contribution in [1.29, 1.82) is 0 Å². The van der Waals surface area contributed by atoms with Crippen molar-refractivity contribution in [2.75, 3.05) is 0 Å². The van der Waals surface area contributed by atoms with Crippen molar-refractivity contribution in [3.05, 3.63) is 47.8 Å². The normalized spacial score (nSPS) is 15.3. The standard InChI is InChI=1S/C16H21FN6.HI/c17-13-5-3-4-12(8-13)10-23-11-20-15(22-23)9-19-16(18)21-14-6-1-2-7-14;/h3-5,8,11,14H,1-2,6-7,9-10H2,(H3,18,19,21);1H. The van der Waals surface area contributed by atoms with Crippen LogP contribution in [0.3, 0.4) is 0 Å². The minimum atomic E-state index is -0.252. The summed E-state index contributed by atoms with van der Waals surface area (Å²) in [5.74, 6) is 0.786. The molecule has 0 atom stereocenters. The molecule has 1 fully saturated rings. The lowest BCUT2D eigenvalue weighted by Crippen LogP contribution is -2.38. The van der Waals surface area contributed by atoms with Gasteiger partial charge >= 0.3 is 0 Å². The predicted molar refractivity (Wildman–Crippen MR) is 102 cm³/mol. The van der Waals surface area contributed by atoms with Gasteiger partial charge in [-0.05, 0) is 30.5 Å². The number of nitrogens with one attached hydrogen (secondary N) is 1. The van der Waals surface area contributed by atoms with E-state index in [0.717, 1.165) is 18.4 Å². The van der Waals surface area contributed by atoms with Gasteiger partial charge in [-0.15, -0.1) is 24.0 Å². The van der Waals surface area contributed by atoms with Crippen LogP contribution < -0.4 is 11.1 Å². The molecule has 1 aromatic heterocycles. The highest BCUT2D eigenvalue weighted by Gasteiger charge is 2.14. The lowest BCUT2D eigenvalue weighted by Gasteiger charge is -2.11. The molecule has 0 aliphatic heterocycles. The fourth-order valence-corrected chi connectivity index (χ4v) is 2.79. The van der Waals surface area contributed by atoms with Crippen LogP contribution in [-0.2, 0) is 13.1 Å². The topological polar surface area (TPSA) is 81.1 Å². The summed E-state index contributed by atoms with van der Waals surface area (Å²) in [6.45, 7) is 0.811. The van der Waals surface area contributed by atoms with Crippen LogP contribution in [0.4, 0.5) is 4.39 Å². The molecule has 0 spiro atoms. The van der Waals surface area contributed by atoms with Crippen molar-refractivity contribution in [1.82, 2.24) is 20.1 Å². The first-order chi connectivity index (χ1) is 11.2. The Kier molecular flexibility index (Phi) is 6.95. The monoisotopic (exact) mass is 444 g/mol. The number of aromatic nitrogens is 3. The average Bonchev–Trinajstić information content (AvgIpc) is 3.17. The lowest BCUT2D eigenvalue weighted by atomic mass is 10.2. The second-order valence-corrected chi connectivity index (χ2v) is 5.82. The number of hydrogen-bond acceptors (Lipinski definition) is 3. The molecule has 130 valence electrons. The van der Waals surface area contributed by atoms with E-state index in [-0.39, 0.29) is 29.8 Å². The highest BCUT2D eigenvalue weighted by molar-refractivity contribution is 14.0. The Hall–Kier alpha value is -1.71. The molecular weight excluding hydrogens is 422 g/mol.